The summed E-state index contributed by atoms with van der Waals surface area (Å²) in [6.07, 6.45) is 4.37. The molecule has 9 nitrogen and oxygen atoms in total. The fourth-order valence-electron chi connectivity index (χ4n) is 3.84. The molecule has 1 atom stereocenters. The van der Waals surface area contributed by atoms with Gasteiger partial charge in [-0.25, -0.2) is 4.98 Å². The highest BCUT2D eigenvalue weighted by molar-refractivity contribution is 5.88. The quantitative estimate of drug-likeness (QED) is 0.801. The summed E-state index contributed by atoms with van der Waals surface area (Å²) in [5.41, 5.74) is -0.661. The van der Waals surface area contributed by atoms with Crippen molar-refractivity contribution in [1.82, 2.24) is 24.6 Å². The Morgan fingerprint density at radius 3 is 2.67 bits per heavy atom. The Morgan fingerprint density at radius 2 is 2.08 bits per heavy atom. The van der Waals surface area contributed by atoms with Crippen LogP contribution in [-0.4, -0.2) is 73.1 Å². The number of hydrogen-bond acceptors (Lipinski definition) is 5. The number of piperidine rings is 1. The number of aliphatic carboxylic acids is 1. The Balaban J connectivity index is 1.61. The maximum absolute atomic E-state index is 12.3. The van der Waals surface area contributed by atoms with Crippen molar-refractivity contribution in [3.63, 3.8) is 0 Å². The normalized spacial score (nSPS) is 23.0. The Labute approximate surface area is 139 Å². The molecule has 1 aromatic rings. The van der Waals surface area contributed by atoms with E-state index in [-0.39, 0.29) is 18.2 Å². The molecule has 1 N–H and O–H groups in total. The number of carbonyl (C=O) groups is 3. The minimum Gasteiger partial charge on any atom is -0.481 e. The molecular weight excluding hydrogens is 314 g/mol. The Kier molecular flexibility index (Phi) is 4.25. The standard InChI is InChI=1S/C15H21N5O4/c1-18-13(22)8-11(14(23)24)15(18)3-6-19(7-4-15)12(21)2-5-20-10-16-9-17-20/h9-11H,2-8H2,1H3,(H,23,24). The second kappa shape index (κ2) is 6.21. The van der Waals surface area contributed by atoms with Crippen LogP contribution < -0.4 is 0 Å². The first-order chi connectivity index (χ1) is 11.4. The summed E-state index contributed by atoms with van der Waals surface area (Å²) in [4.78, 5) is 43.0. The molecule has 9 heteroatoms. The zero-order valence-electron chi connectivity index (χ0n) is 13.6. The lowest BCUT2D eigenvalue weighted by Gasteiger charge is -2.45. The van der Waals surface area contributed by atoms with Crippen molar-refractivity contribution in [2.45, 2.75) is 37.8 Å². The molecule has 0 radical (unpaired) electrons. The molecule has 2 fully saturated rings. The first-order valence-corrected chi connectivity index (χ1v) is 8.04. The zero-order valence-corrected chi connectivity index (χ0v) is 13.6. The van der Waals surface area contributed by atoms with Crippen molar-refractivity contribution >= 4 is 17.8 Å². The van der Waals surface area contributed by atoms with E-state index in [2.05, 4.69) is 10.1 Å². The molecule has 2 aliphatic rings. The molecule has 1 spiro atoms. The number of carboxylic acids is 1. The van der Waals surface area contributed by atoms with Gasteiger partial charge in [-0.05, 0) is 12.8 Å². The van der Waals surface area contributed by atoms with Crippen LogP contribution in [0.2, 0.25) is 0 Å². The molecule has 130 valence electrons. The van der Waals surface area contributed by atoms with Gasteiger partial charge in [0, 0.05) is 33.0 Å². The molecule has 24 heavy (non-hydrogen) atoms. The van der Waals surface area contributed by atoms with E-state index in [4.69, 9.17) is 0 Å². The number of likely N-dealkylation sites (tertiary alicyclic amines) is 2. The highest BCUT2D eigenvalue weighted by atomic mass is 16.4. The van der Waals surface area contributed by atoms with Gasteiger partial charge in [0.15, 0.2) is 0 Å². The number of amides is 2. The second-order valence-corrected chi connectivity index (χ2v) is 6.44. The highest BCUT2D eigenvalue weighted by Crippen LogP contribution is 2.42. The van der Waals surface area contributed by atoms with Crippen LogP contribution in [0.5, 0.6) is 0 Å². The van der Waals surface area contributed by atoms with Crippen LogP contribution in [0.1, 0.15) is 25.7 Å². The predicted octanol–water partition coefficient (Wildman–Crippen LogP) is -0.408. The van der Waals surface area contributed by atoms with Gasteiger partial charge in [0.25, 0.3) is 0 Å². The molecule has 1 aromatic heterocycles. The molecule has 2 saturated heterocycles. The molecule has 2 aliphatic heterocycles. The number of rotatable bonds is 4. The largest absolute Gasteiger partial charge is 0.481 e. The van der Waals surface area contributed by atoms with Crippen molar-refractivity contribution in [3.05, 3.63) is 12.7 Å². The summed E-state index contributed by atoms with van der Waals surface area (Å²) in [5, 5.41) is 13.4. The Hall–Kier alpha value is -2.45. The van der Waals surface area contributed by atoms with E-state index < -0.39 is 17.4 Å². The molecule has 0 aromatic carbocycles. The smallest absolute Gasteiger partial charge is 0.309 e. The highest BCUT2D eigenvalue weighted by Gasteiger charge is 2.55. The summed E-state index contributed by atoms with van der Waals surface area (Å²) >= 11 is 0. The molecular formula is C15H21N5O4. The lowest BCUT2D eigenvalue weighted by atomic mass is 9.77. The van der Waals surface area contributed by atoms with Gasteiger partial charge in [-0.2, -0.15) is 5.10 Å². The second-order valence-electron chi connectivity index (χ2n) is 6.44. The topological polar surface area (TPSA) is 109 Å². The summed E-state index contributed by atoms with van der Waals surface area (Å²) < 4.78 is 1.60. The van der Waals surface area contributed by atoms with E-state index in [1.807, 2.05) is 0 Å². The fourth-order valence-corrected chi connectivity index (χ4v) is 3.84. The van der Waals surface area contributed by atoms with E-state index in [1.165, 1.54) is 6.33 Å². The first-order valence-electron chi connectivity index (χ1n) is 8.04. The summed E-state index contributed by atoms with van der Waals surface area (Å²) in [6.45, 7) is 1.41. The van der Waals surface area contributed by atoms with Crippen LogP contribution in [0.25, 0.3) is 0 Å². The first kappa shape index (κ1) is 16.4. The third-order valence-corrected chi connectivity index (χ3v) is 5.37. The van der Waals surface area contributed by atoms with Crippen molar-refractivity contribution in [3.8, 4) is 0 Å². The summed E-state index contributed by atoms with van der Waals surface area (Å²) in [6, 6.07) is 0. The van der Waals surface area contributed by atoms with E-state index in [1.54, 1.807) is 27.9 Å². The lowest BCUT2D eigenvalue weighted by Crippen LogP contribution is -2.57. The third kappa shape index (κ3) is 2.74. The van der Waals surface area contributed by atoms with Crippen LogP contribution in [-0.2, 0) is 20.9 Å². The molecule has 1 unspecified atom stereocenters. The van der Waals surface area contributed by atoms with Gasteiger partial charge in [0.2, 0.25) is 11.8 Å². The van der Waals surface area contributed by atoms with Gasteiger partial charge in [-0.1, -0.05) is 0 Å². The van der Waals surface area contributed by atoms with Crippen LogP contribution in [0.3, 0.4) is 0 Å². The van der Waals surface area contributed by atoms with Gasteiger partial charge in [0.05, 0.1) is 18.0 Å². The molecule has 0 aliphatic carbocycles. The van der Waals surface area contributed by atoms with Crippen LogP contribution >= 0.6 is 0 Å². The van der Waals surface area contributed by atoms with Crippen LogP contribution in [0.4, 0.5) is 0 Å². The summed E-state index contributed by atoms with van der Waals surface area (Å²) in [7, 11) is 1.67. The Bertz CT molecular complexity index is 636. The lowest BCUT2D eigenvalue weighted by molar-refractivity contribution is -0.147. The van der Waals surface area contributed by atoms with Crippen LogP contribution in [0.15, 0.2) is 12.7 Å². The number of carbonyl (C=O) groups excluding carboxylic acids is 2. The number of aryl methyl sites for hydroxylation is 1. The number of nitrogens with zero attached hydrogens (tertiary/aromatic N) is 5. The van der Waals surface area contributed by atoms with Gasteiger partial charge in [-0.15, -0.1) is 0 Å². The van der Waals surface area contributed by atoms with E-state index in [9.17, 15) is 19.5 Å². The van der Waals surface area contributed by atoms with E-state index in [0.29, 0.717) is 38.9 Å². The van der Waals surface area contributed by atoms with E-state index >= 15 is 0 Å². The van der Waals surface area contributed by atoms with Crippen molar-refractivity contribution in [1.29, 1.82) is 0 Å². The minimum absolute atomic E-state index is 0.0131. The monoisotopic (exact) mass is 335 g/mol. The van der Waals surface area contributed by atoms with Crippen molar-refractivity contribution in [2.75, 3.05) is 20.1 Å². The molecule has 0 saturated carbocycles. The Morgan fingerprint density at radius 1 is 1.38 bits per heavy atom. The SMILES string of the molecule is CN1C(=O)CC(C(=O)O)C12CCN(C(=O)CCn1cncn1)CC2. The average Bonchev–Trinajstić information content (AvgIpc) is 3.17. The van der Waals surface area contributed by atoms with Gasteiger partial charge in [-0.3, -0.25) is 19.1 Å². The molecule has 2 amide bonds. The number of aromatic nitrogens is 3. The van der Waals surface area contributed by atoms with Crippen molar-refractivity contribution in [2.24, 2.45) is 5.92 Å². The van der Waals surface area contributed by atoms with Gasteiger partial charge >= 0.3 is 5.97 Å². The zero-order chi connectivity index (χ0) is 17.3. The van der Waals surface area contributed by atoms with E-state index in [0.717, 1.165) is 0 Å². The predicted molar refractivity (Wildman–Crippen MR) is 81.7 cm³/mol. The summed E-state index contributed by atoms with van der Waals surface area (Å²) in [5.74, 6) is -1.74. The molecule has 0 bridgehead atoms. The minimum atomic E-state index is -0.932. The maximum atomic E-state index is 12.3. The third-order valence-electron chi connectivity index (χ3n) is 5.37. The number of hydrogen-bond donors (Lipinski definition) is 1. The van der Waals surface area contributed by atoms with Gasteiger partial charge < -0.3 is 14.9 Å². The molecule has 3 rings (SSSR count). The maximum Gasteiger partial charge on any atom is 0.309 e. The van der Waals surface area contributed by atoms with Crippen LogP contribution in [0, 0.1) is 5.92 Å². The van der Waals surface area contributed by atoms with Crippen molar-refractivity contribution < 1.29 is 19.5 Å². The average molecular weight is 335 g/mol. The number of carboxylic acid groups (broad SMARTS) is 1. The fraction of sp³-hybridized carbons (Fsp3) is 0.667. The molecule has 3 heterocycles. The van der Waals surface area contributed by atoms with Gasteiger partial charge in [0.1, 0.15) is 12.7 Å².